The second-order valence-corrected chi connectivity index (χ2v) is 4.62. The van der Waals surface area contributed by atoms with Gasteiger partial charge in [-0.25, -0.2) is 4.39 Å². The number of ether oxygens (including phenoxy) is 2. The Morgan fingerprint density at radius 2 is 2.06 bits per heavy atom. The molecule has 0 heterocycles. The molecule has 0 atom stereocenters. The third kappa shape index (κ3) is 5.47. The molecule has 0 aliphatic heterocycles. The normalized spacial score (nSPS) is 10.9. The van der Waals surface area contributed by atoms with Crippen LogP contribution in [0.25, 0.3) is 0 Å². The minimum atomic E-state index is -0.240. The largest absolute Gasteiger partial charge is 0.491 e. The lowest BCUT2D eigenvalue weighted by molar-refractivity contribution is 0.145. The minimum absolute atomic E-state index is 0.240. The molecule has 0 aliphatic carbocycles. The van der Waals surface area contributed by atoms with Gasteiger partial charge in [0.1, 0.15) is 18.2 Å². The molecule has 0 saturated heterocycles. The summed E-state index contributed by atoms with van der Waals surface area (Å²) in [6, 6.07) is 4.58. The molecule has 0 bridgehead atoms. The van der Waals surface area contributed by atoms with E-state index in [2.05, 4.69) is 19.2 Å². The SMILES string of the molecule is COCCOc1ccc(F)cc1CNCC(C)C. The molecule has 18 heavy (non-hydrogen) atoms. The van der Waals surface area contributed by atoms with Crippen LogP contribution in [0.4, 0.5) is 4.39 Å². The summed E-state index contributed by atoms with van der Waals surface area (Å²) < 4.78 is 23.7. The van der Waals surface area contributed by atoms with Gasteiger partial charge in [-0.05, 0) is 30.7 Å². The molecule has 1 rings (SSSR count). The Hall–Kier alpha value is -1.13. The maximum absolute atomic E-state index is 13.2. The summed E-state index contributed by atoms with van der Waals surface area (Å²) in [5.74, 6) is 1.04. The van der Waals surface area contributed by atoms with Crippen LogP contribution >= 0.6 is 0 Å². The number of benzene rings is 1. The van der Waals surface area contributed by atoms with Crippen LogP contribution in [0.15, 0.2) is 18.2 Å². The van der Waals surface area contributed by atoms with Crippen LogP contribution in [0.3, 0.4) is 0 Å². The zero-order valence-electron chi connectivity index (χ0n) is 11.3. The third-order valence-corrected chi connectivity index (χ3v) is 2.44. The van der Waals surface area contributed by atoms with Gasteiger partial charge < -0.3 is 14.8 Å². The Morgan fingerprint density at radius 1 is 1.28 bits per heavy atom. The fourth-order valence-corrected chi connectivity index (χ4v) is 1.56. The van der Waals surface area contributed by atoms with Crippen molar-refractivity contribution >= 4 is 0 Å². The first-order valence-corrected chi connectivity index (χ1v) is 6.24. The van der Waals surface area contributed by atoms with Gasteiger partial charge in [0.25, 0.3) is 0 Å². The molecule has 1 aromatic carbocycles. The van der Waals surface area contributed by atoms with E-state index in [9.17, 15) is 4.39 Å². The lowest BCUT2D eigenvalue weighted by atomic mass is 10.1. The van der Waals surface area contributed by atoms with Crippen molar-refractivity contribution in [2.75, 3.05) is 26.9 Å². The van der Waals surface area contributed by atoms with E-state index in [1.54, 1.807) is 13.2 Å². The number of methoxy groups -OCH3 is 1. The van der Waals surface area contributed by atoms with Crippen molar-refractivity contribution < 1.29 is 13.9 Å². The van der Waals surface area contributed by atoms with Crippen LogP contribution in [0.5, 0.6) is 5.75 Å². The first kappa shape index (κ1) is 14.9. The standard InChI is InChI=1S/C14H22FNO2/c1-11(2)9-16-10-12-8-13(15)4-5-14(12)18-7-6-17-3/h4-5,8,11,16H,6-7,9-10H2,1-3H3. The molecule has 0 spiro atoms. The lowest BCUT2D eigenvalue weighted by Crippen LogP contribution is -2.19. The topological polar surface area (TPSA) is 30.5 Å². The molecule has 0 aliphatic rings. The molecule has 0 amide bonds. The first-order valence-electron chi connectivity index (χ1n) is 6.24. The summed E-state index contributed by atoms with van der Waals surface area (Å²) in [6.45, 7) is 6.77. The number of halogens is 1. The predicted molar refractivity (Wildman–Crippen MR) is 70.3 cm³/mol. The summed E-state index contributed by atoms with van der Waals surface area (Å²) in [5.41, 5.74) is 0.840. The Labute approximate surface area is 108 Å². The van der Waals surface area contributed by atoms with Crippen molar-refractivity contribution in [2.45, 2.75) is 20.4 Å². The highest BCUT2D eigenvalue weighted by Crippen LogP contribution is 2.19. The Kier molecular flexibility index (Phi) is 6.68. The van der Waals surface area contributed by atoms with Crippen LogP contribution in [-0.4, -0.2) is 26.9 Å². The van der Waals surface area contributed by atoms with E-state index in [4.69, 9.17) is 9.47 Å². The van der Waals surface area contributed by atoms with E-state index in [0.717, 1.165) is 12.1 Å². The summed E-state index contributed by atoms with van der Waals surface area (Å²) in [6.07, 6.45) is 0. The molecule has 0 saturated carbocycles. The van der Waals surface area contributed by atoms with E-state index in [-0.39, 0.29) is 5.82 Å². The minimum Gasteiger partial charge on any atom is -0.491 e. The van der Waals surface area contributed by atoms with E-state index in [0.29, 0.717) is 31.4 Å². The molecule has 0 aromatic heterocycles. The van der Waals surface area contributed by atoms with Gasteiger partial charge in [-0.1, -0.05) is 13.8 Å². The molecule has 0 unspecified atom stereocenters. The second kappa shape index (κ2) is 8.06. The molecular formula is C14H22FNO2. The van der Waals surface area contributed by atoms with Crippen LogP contribution in [0, 0.1) is 11.7 Å². The van der Waals surface area contributed by atoms with Gasteiger partial charge in [0.05, 0.1) is 6.61 Å². The Balaban J connectivity index is 2.58. The van der Waals surface area contributed by atoms with Crippen molar-refractivity contribution in [3.63, 3.8) is 0 Å². The molecule has 0 fully saturated rings. The monoisotopic (exact) mass is 255 g/mol. The van der Waals surface area contributed by atoms with Crippen LogP contribution in [0.2, 0.25) is 0 Å². The first-order chi connectivity index (χ1) is 8.63. The van der Waals surface area contributed by atoms with Crippen molar-refractivity contribution in [3.05, 3.63) is 29.6 Å². The Morgan fingerprint density at radius 3 is 2.72 bits per heavy atom. The lowest BCUT2D eigenvalue weighted by Gasteiger charge is -2.13. The summed E-state index contributed by atoms with van der Waals surface area (Å²) in [5, 5.41) is 3.28. The van der Waals surface area contributed by atoms with Gasteiger partial charge >= 0.3 is 0 Å². The van der Waals surface area contributed by atoms with Gasteiger partial charge in [0, 0.05) is 19.2 Å². The fourth-order valence-electron chi connectivity index (χ4n) is 1.56. The smallest absolute Gasteiger partial charge is 0.124 e. The average molecular weight is 255 g/mol. The Bertz CT molecular complexity index is 356. The number of rotatable bonds is 8. The van der Waals surface area contributed by atoms with E-state index in [1.165, 1.54) is 12.1 Å². The maximum atomic E-state index is 13.2. The van der Waals surface area contributed by atoms with E-state index >= 15 is 0 Å². The highest BCUT2D eigenvalue weighted by atomic mass is 19.1. The molecule has 0 radical (unpaired) electrons. The van der Waals surface area contributed by atoms with Crippen molar-refractivity contribution in [3.8, 4) is 5.75 Å². The second-order valence-electron chi connectivity index (χ2n) is 4.62. The van der Waals surface area contributed by atoms with Gasteiger partial charge in [0.15, 0.2) is 0 Å². The summed E-state index contributed by atoms with van der Waals surface area (Å²) >= 11 is 0. The summed E-state index contributed by atoms with van der Waals surface area (Å²) in [7, 11) is 1.62. The zero-order valence-corrected chi connectivity index (χ0v) is 11.3. The van der Waals surface area contributed by atoms with Gasteiger partial charge in [0.2, 0.25) is 0 Å². The maximum Gasteiger partial charge on any atom is 0.124 e. The van der Waals surface area contributed by atoms with Gasteiger partial charge in [-0.2, -0.15) is 0 Å². The molecule has 1 N–H and O–H groups in total. The summed E-state index contributed by atoms with van der Waals surface area (Å²) in [4.78, 5) is 0. The quantitative estimate of drug-likeness (QED) is 0.724. The molecule has 4 heteroatoms. The van der Waals surface area contributed by atoms with Crippen LogP contribution < -0.4 is 10.1 Å². The van der Waals surface area contributed by atoms with Crippen molar-refractivity contribution in [1.82, 2.24) is 5.32 Å². The highest BCUT2D eigenvalue weighted by Gasteiger charge is 2.05. The number of hydrogen-bond donors (Lipinski definition) is 1. The number of nitrogens with one attached hydrogen (secondary N) is 1. The molecule has 1 aromatic rings. The molecular weight excluding hydrogens is 233 g/mol. The zero-order chi connectivity index (χ0) is 13.4. The highest BCUT2D eigenvalue weighted by molar-refractivity contribution is 5.33. The third-order valence-electron chi connectivity index (χ3n) is 2.44. The molecule has 3 nitrogen and oxygen atoms in total. The van der Waals surface area contributed by atoms with E-state index < -0.39 is 0 Å². The van der Waals surface area contributed by atoms with Crippen LogP contribution in [0.1, 0.15) is 19.4 Å². The number of hydrogen-bond acceptors (Lipinski definition) is 3. The predicted octanol–water partition coefficient (Wildman–Crippen LogP) is 2.60. The molecule has 102 valence electrons. The van der Waals surface area contributed by atoms with Crippen molar-refractivity contribution in [2.24, 2.45) is 5.92 Å². The van der Waals surface area contributed by atoms with Crippen LogP contribution in [-0.2, 0) is 11.3 Å². The fraction of sp³-hybridized carbons (Fsp3) is 0.571. The van der Waals surface area contributed by atoms with Crippen molar-refractivity contribution in [1.29, 1.82) is 0 Å². The van der Waals surface area contributed by atoms with Gasteiger partial charge in [-0.3, -0.25) is 0 Å². The van der Waals surface area contributed by atoms with Gasteiger partial charge in [-0.15, -0.1) is 0 Å². The average Bonchev–Trinajstić information content (AvgIpc) is 2.31. The van der Waals surface area contributed by atoms with E-state index in [1.807, 2.05) is 0 Å².